The van der Waals surface area contributed by atoms with Crippen LogP contribution in [-0.4, -0.2) is 149 Å². The summed E-state index contributed by atoms with van der Waals surface area (Å²) in [6.45, 7) is 2.04. The van der Waals surface area contributed by atoms with Crippen molar-refractivity contribution in [3.05, 3.63) is 35.9 Å². The second kappa shape index (κ2) is 24.1. The van der Waals surface area contributed by atoms with E-state index in [9.17, 15) is 53.4 Å². The number of unbranched alkanes of at least 4 members (excludes halogenated alkanes) is 1. The molecular weight excluding hydrogens is 750 g/mol. The Morgan fingerprint density at radius 1 is 0.754 bits per heavy atom. The Kier molecular flexibility index (Phi) is 20.1. The maximum Gasteiger partial charge on any atom is 0.325 e. The molecule has 21 heteroatoms. The van der Waals surface area contributed by atoms with Crippen LogP contribution in [0.5, 0.6) is 0 Å². The normalized spacial score (nSPS) is 16.7. The summed E-state index contributed by atoms with van der Waals surface area (Å²) in [7, 11) is 0. The molecule has 316 valence electrons. The predicted octanol–water partition coefficient (Wildman–Crippen LogP) is -4.50. The van der Waals surface area contributed by atoms with Gasteiger partial charge >= 0.3 is 5.97 Å². The van der Waals surface area contributed by atoms with Crippen molar-refractivity contribution in [3.8, 4) is 0 Å². The second-order valence-electron chi connectivity index (χ2n) is 13.5. The quantitative estimate of drug-likeness (QED) is 0.0466. The molecule has 0 unspecified atom stereocenters. The van der Waals surface area contributed by atoms with Crippen molar-refractivity contribution in [2.45, 2.75) is 102 Å². The van der Waals surface area contributed by atoms with Gasteiger partial charge in [0.05, 0.1) is 19.8 Å². The highest BCUT2D eigenvalue weighted by atomic mass is 16.4. The standard InChI is InChI=1S/C36H55N9O12/c1-20(35(55)45-15-9-13-28(45)34(54)40-21(2)36(56)57)39-32(52)26(18-46)44-31(51)25(16-23-10-5-4-6-11-23)42-33(53)27(19-47)43-30(50)24(12-7-8-14-37)41-29(49)17-38-22(3)48/h4-6,10-11,20-21,24-28,46-47H,7-9,12-19,37H2,1-3H3,(H,38,48)(H,39,52)(H,40,54)(H,41,49)(H,42,53)(H,43,50)(H,44,51)(H,56,57)/t20-,21-,24-,25-,26-,27-,28-/m0/s1. The number of carbonyl (C=O) groups excluding carboxylic acids is 8. The molecule has 1 fully saturated rings. The summed E-state index contributed by atoms with van der Waals surface area (Å²) in [5.74, 6) is -7.50. The van der Waals surface area contributed by atoms with Crippen molar-refractivity contribution in [2.75, 3.05) is 32.8 Å². The van der Waals surface area contributed by atoms with Gasteiger partial charge in [-0.05, 0) is 58.1 Å². The Hall–Kier alpha value is -5.67. The first-order valence-corrected chi connectivity index (χ1v) is 18.6. The lowest BCUT2D eigenvalue weighted by Crippen LogP contribution is -2.61. The smallest absolute Gasteiger partial charge is 0.325 e. The third-order valence-corrected chi connectivity index (χ3v) is 8.94. The molecule has 12 N–H and O–H groups in total. The number of nitrogens with two attached hydrogens (primary N) is 1. The largest absolute Gasteiger partial charge is 0.480 e. The van der Waals surface area contributed by atoms with Gasteiger partial charge < -0.3 is 63.2 Å². The SMILES string of the molecule is CC(=O)NCC(=O)N[C@@H](CCCCN)C(=O)N[C@@H](CO)C(=O)N[C@@H](Cc1ccccc1)C(=O)N[C@@H](CO)C(=O)N[C@@H](C)C(=O)N1CCC[C@H]1C(=O)N[C@@H](C)C(=O)O. The topological polar surface area (TPSA) is 328 Å². The van der Waals surface area contributed by atoms with Crippen LogP contribution in [0.4, 0.5) is 0 Å². The van der Waals surface area contributed by atoms with Crippen LogP contribution in [0, 0.1) is 0 Å². The third-order valence-electron chi connectivity index (χ3n) is 8.94. The van der Waals surface area contributed by atoms with Gasteiger partial charge in [0.2, 0.25) is 47.3 Å². The summed E-state index contributed by atoms with van der Waals surface area (Å²) in [5.41, 5.74) is 6.12. The first kappa shape index (κ1) is 47.5. The van der Waals surface area contributed by atoms with Crippen molar-refractivity contribution in [3.63, 3.8) is 0 Å². The number of likely N-dealkylation sites (tertiary alicyclic amines) is 1. The highest BCUT2D eigenvalue weighted by Crippen LogP contribution is 2.19. The molecule has 1 aliphatic heterocycles. The number of nitrogens with one attached hydrogen (secondary N) is 7. The van der Waals surface area contributed by atoms with Crippen molar-refractivity contribution in [1.82, 2.24) is 42.1 Å². The van der Waals surface area contributed by atoms with Gasteiger partial charge in [0, 0.05) is 19.9 Å². The number of aliphatic carboxylic acids is 1. The molecule has 1 aliphatic rings. The monoisotopic (exact) mass is 805 g/mol. The highest BCUT2D eigenvalue weighted by molar-refractivity contribution is 5.97. The van der Waals surface area contributed by atoms with Gasteiger partial charge in [-0.1, -0.05) is 30.3 Å². The Balaban J connectivity index is 2.17. The average molecular weight is 806 g/mol. The number of amides is 8. The van der Waals surface area contributed by atoms with Gasteiger partial charge in [-0.25, -0.2) is 0 Å². The van der Waals surface area contributed by atoms with E-state index in [0.29, 0.717) is 31.4 Å². The van der Waals surface area contributed by atoms with Crippen LogP contribution >= 0.6 is 0 Å². The van der Waals surface area contributed by atoms with E-state index in [1.54, 1.807) is 30.3 Å². The molecule has 1 heterocycles. The summed E-state index contributed by atoms with van der Waals surface area (Å²) in [6, 6.07) is -0.857. The lowest BCUT2D eigenvalue weighted by Gasteiger charge is -2.29. The van der Waals surface area contributed by atoms with Gasteiger partial charge in [0.1, 0.15) is 42.3 Å². The molecular formula is C36H55N9O12. The van der Waals surface area contributed by atoms with Crippen LogP contribution in [0.1, 0.15) is 58.4 Å². The number of hydrogen-bond donors (Lipinski definition) is 11. The van der Waals surface area contributed by atoms with E-state index in [-0.39, 0.29) is 25.8 Å². The maximum atomic E-state index is 13.6. The average Bonchev–Trinajstić information content (AvgIpc) is 3.67. The second-order valence-corrected chi connectivity index (χ2v) is 13.5. The van der Waals surface area contributed by atoms with Crippen LogP contribution in [0.3, 0.4) is 0 Å². The number of rotatable bonds is 23. The minimum atomic E-state index is -1.62. The third kappa shape index (κ3) is 15.8. The molecule has 0 aromatic heterocycles. The number of carboxylic acids is 1. The molecule has 0 spiro atoms. The van der Waals surface area contributed by atoms with E-state index >= 15 is 0 Å². The van der Waals surface area contributed by atoms with Crippen LogP contribution in [0.25, 0.3) is 0 Å². The molecule has 1 aromatic carbocycles. The first-order valence-electron chi connectivity index (χ1n) is 18.6. The Morgan fingerprint density at radius 3 is 1.88 bits per heavy atom. The fourth-order valence-corrected chi connectivity index (χ4v) is 5.77. The highest BCUT2D eigenvalue weighted by Gasteiger charge is 2.38. The van der Waals surface area contributed by atoms with Crippen molar-refractivity contribution < 1.29 is 58.5 Å². The van der Waals surface area contributed by atoms with Gasteiger partial charge in [0.15, 0.2) is 0 Å². The number of carboxylic acid groups (broad SMARTS) is 1. The molecule has 2 rings (SSSR count). The van der Waals surface area contributed by atoms with Gasteiger partial charge in [-0.3, -0.25) is 43.2 Å². The van der Waals surface area contributed by atoms with E-state index < -0.39 is 115 Å². The lowest BCUT2D eigenvalue weighted by atomic mass is 10.0. The molecule has 0 bridgehead atoms. The number of benzene rings is 1. The maximum absolute atomic E-state index is 13.6. The van der Waals surface area contributed by atoms with Crippen molar-refractivity contribution in [1.29, 1.82) is 0 Å². The fraction of sp³-hybridized carbons (Fsp3) is 0.583. The molecule has 21 nitrogen and oxygen atoms in total. The van der Waals surface area contributed by atoms with E-state index in [4.69, 9.17) is 10.8 Å². The minimum Gasteiger partial charge on any atom is -0.480 e. The zero-order valence-electron chi connectivity index (χ0n) is 32.2. The molecule has 0 aliphatic carbocycles. The number of hydrogen-bond acceptors (Lipinski definition) is 12. The van der Waals surface area contributed by atoms with E-state index in [0.717, 1.165) is 0 Å². The Bertz CT molecular complexity index is 1580. The van der Waals surface area contributed by atoms with Crippen molar-refractivity contribution in [2.24, 2.45) is 5.73 Å². The van der Waals surface area contributed by atoms with Crippen LogP contribution in [0.15, 0.2) is 30.3 Å². The summed E-state index contributed by atoms with van der Waals surface area (Å²) in [6.07, 6.45) is 1.62. The van der Waals surface area contributed by atoms with E-state index in [2.05, 4.69) is 37.2 Å². The number of carbonyl (C=O) groups is 9. The Morgan fingerprint density at radius 2 is 1.32 bits per heavy atom. The summed E-state index contributed by atoms with van der Waals surface area (Å²) < 4.78 is 0. The molecule has 8 amide bonds. The number of nitrogens with zero attached hydrogens (tertiary/aromatic N) is 1. The molecule has 7 atom stereocenters. The fourth-order valence-electron chi connectivity index (χ4n) is 5.77. The summed E-state index contributed by atoms with van der Waals surface area (Å²) in [4.78, 5) is 116. The molecule has 0 radical (unpaired) electrons. The molecule has 0 saturated carbocycles. The van der Waals surface area contributed by atoms with Crippen molar-refractivity contribution >= 4 is 53.2 Å². The zero-order valence-corrected chi connectivity index (χ0v) is 32.2. The summed E-state index contributed by atoms with van der Waals surface area (Å²) >= 11 is 0. The van der Waals surface area contributed by atoms with Gasteiger partial charge in [-0.15, -0.1) is 0 Å². The van der Waals surface area contributed by atoms with E-state index in [1.807, 2.05) is 0 Å². The minimum absolute atomic E-state index is 0.114. The van der Waals surface area contributed by atoms with Crippen LogP contribution in [0.2, 0.25) is 0 Å². The van der Waals surface area contributed by atoms with Gasteiger partial charge in [0.25, 0.3) is 0 Å². The van der Waals surface area contributed by atoms with Gasteiger partial charge in [-0.2, -0.15) is 0 Å². The van der Waals surface area contributed by atoms with Crippen LogP contribution < -0.4 is 43.0 Å². The van der Waals surface area contributed by atoms with Crippen LogP contribution in [-0.2, 0) is 49.6 Å². The van der Waals surface area contributed by atoms with E-state index in [1.165, 1.54) is 25.7 Å². The molecule has 1 aromatic rings. The number of aliphatic hydroxyl groups is 2. The predicted molar refractivity (Wildman–Crippen MR) is 201 cm³/mol. The molecule has 1 saturated heterocycles. The summed E-state index contributed by atoms with van der Waals surface area (Å²) in [5, 5.41) is 46.0. The first-order chi connectivity index (χ1) is 27.0. The molecule has 57 heavy (non-hydrogen) atoms. The number of aliphatic hydroxyl groups excluding tert-OH is 2. The lowest BCUT2D eigenvalue weighted by molar-refractivity contribution is -0.144. The zero-order chi connectivity index (χ0) is 42.7. The Labute approximate surface area is 329 Å².